The average Bonchev–Trinajstić information content (AvgIpc) is 2.18. The summed E-state index contributed by atoms with van der Waals surface area (Å²) in [6.45, 7) is 0. The smallest absolute Gasteiger partial charge is 0.0722 e. The fraction of sp³-hybridized carbons (Fsp3) is 0.182. The predicted octanol–water partition coefficient (Wildman–Crippen LogP) is 2.30. The molecule has 0 unspecified atom stereocenters. The van der Waals surface area contributed by atoms with Gasteiger partial charge in [-0.3, -0.25) is 4.98 Å². The van der Waals surface area contributed by atoms with E-state index in [1.807, 2.05) is 37.2 Å². The Hall–Kier alpha value is -1.57. The molecule has 66 valence electrons. The van der Waals surface area contributed by atoms with Crippen LogP contribution in [0.4, 0.5) is 5.69 Å². The van der Waals surface area contributed by atoms with Gasteiger partial charge in [0.2, 0.25) is 0 Å². The van der Waals surface area contributed by atoms with E-state index in [0.717, 1.165) is 16.6 Å². The number of benzene rings is 1. The van der Waals surface area contributed by atoms with E-state index in [1.165, 1.54) is 0 Å². The Morgan fingerprint density at radius 1 is 1.31 bits per heavy atom. The van der Waals surface area contributed by atoms with Crippen LogP contribution in [0.1, 0.15) is 1.37 Å². The largest absolute Gasteiger partial charge is 0.377 e. The molecule has 1 heterocycles. The van der Waals surface area contributed by atoms with Crippen molar-refractivity contribution in [2.24, 2.45) is 0 Å². The molecule has 0 aliphatic heterocycles. The Bertz CT molecular complexity index is 466. The molecule has 0 bridgehead atoms. The maximum absolute atomic E-state index is 7.72. The summed E-state index contributed by atoms with van der Waals surface area (Å²) in [4.78, 5) is 6.24. The lowest BCUT2D eigenvalue weighted by Crippen LogP contribution is -2.08. The Balaban J connectivity index is 2.82. The molecule has 1 aromatic carbocycles. The zero-order chi connectivity index (χ0) is 10.1. The number of hydrogen-bond acceptors (Lipinski definition) is 2. The minimum Gasteiger partial charge on any atom is -0.377 e. The van der Waals surface area contributed by atoms with Crippen LogP contribution in [0.3, 0.4) is 0 Å². The van der Waals surface area contributed by atoms with Gasteiger partial charge in [-0.25, -0.2) is 0 Å². The number of hydrogen-bond donors (Lipinski definition) is 0. The minimum atomic E-state index is 0.478. The molecular weight excluding hydrogens is 160 g/mol. The zero-order valence-corrected chi connectivity index (χ0v) is 7.78. The number of anilines is 1. The SMILES string of the molecule is [2H]c1ccc(N(C)C)c2cccnc12. The predicted molar refractivity (Wildman–Crippen MR) is 56.1 cm³/mol. The van der Waals surface area contributed by atoms with Gasteiger partial charge in [0.05, 0.1) is 6.89 Å². The first kappa shape index (κ1) is 6.89. The van der Waals surface area contributed by atoms with Crippen molar-refractivity contribution >= 4 is 16.6 Å². The summed E-state index contributed by atoms with van der Waals surface area (Å²) in [7, 11) is 3.98. The van der Waals surface area contributed by atoms with Gasteiger partial charge in [0, 0.05) is 31.4 Å². The molecule has 0 aliphatic rings. The van der Waals surface area contributed by atoms with Gasteiger partial charge in [0.15, 0.2) is 0 Å². The van der Waals surface area contributed by atoms with Gasteiger partial charge in [-0.1, -0.05) is 6.07 Å². The highest BCUT2D eigenvalue weighted by Gasteiger charge is 2.00. The van der Waals surface area contributed by atoms with E-state index in [0.29, 0.717) is 6.04 Å². The van der Waals surface area contributed by atoms with Crippen molar-refractivity contribution in [1.82, 2.24) is 4.98 Å². The highest BCUT2D eigenvalue weighted by molar-refractivity contribution is 5.91. The van der Waals surface area contributed by atoms with Crippen LogP contribution in [0, 0.1) is 0 Å². The average molecular weight is 173 g/mol. The number of nitrogens with zero attached hydrogens (tertiary/aromatic N) is 2. The summed E-state index contributed by atoms with van der Waals surface area (Å²) >= 11 is 0. The van der Waals surface area contributed by atoms with Crippen LogP contribution in [0.25, 0.3) is 10.9 Å². The van der Waals surface area contributed by atoms with Gasteiger partial charge < -0.3 is 4.90 Å². The molecule has 2 aromatic rings. The highest BCUT2D eigenvalue weighted by atomic mass is 15.1. The normalized spacial score (nSPS) is 11.4. The van der Waals surface area contributed by atoms with Crippen molar-refractivity contribution < 1.29 is 1.37 Å². The van der Waals surface area contributed by atoms with Crippen LogP contribution >= 0.6 is 0 Å². The Labute approximate surface area is 79.2 Å². The maximum atomic E-state index is 7.72. The van der Waals surface area contributed by atoms with E-state index in [1.54, 1.807) is 12.3 Å². The Morgan fingerprint density at radius 2 is 2.15 bits per heavy atom. The molecule has 0 fully saturated rings. The number of pyridine rings is 1. The van der Waals surface area contributed by atoms with Gasteiger partial charge in [-0.2, -0.15) is 0 Å². The quantitative estimate of drug-likeness (QED) is 0.657. The molecule has 0 atom stereocenters. The van der Waals surface area contributed by atoms with Crippen molar-refractivity contribution in [3.8, 4) is 0 Å². The molecule has 0 amide bonds. The summed E-state index contributed by atoms with van der Waals surface area (Å²) in [5, 5.41) is 1.03. The lowest BCUT2D eigenvalue weighted by atomic mass is 10.2. The van der Waals surface area contributed by atoms with Crippen molar-refractivity contribution in [2.45, 2.75) is 0 Å². The topological polar surface area (TPSA) is 16.1 Å². The summed E-state index contributed by atoms with van der Waals surface area (Å²) in [6.07, 6.45) is 1.72. The van der Waals surface area contributed by atoms with Crippen LogP contribution < -0.4 is 4.90 Å². The molecule has 0 N–H and O–H groups in total. The molecule has 13 heavy (non-hydrogen) atoms. The zero-order valence-electron chi connectivity index (χ0n) is 8.78. The number of aromatic nitrogens is 1. The third-order valence-corrected chi connectivity index (χ3v) is 2.03. The first-order chi connectivity index (χ1) is 6.70. The standard InChI is InChI=1S/C11H12N2/c1-13(2)11-7-3-6-10-9(11)5-4-8-12-10/h3-8H,1-2H3/i6D. The lowest BCUT2D eigenvalue weighted by Gasteiger charge is -2.14. The Kier molecular flexibility index (Phi) is 1.62. The third-order valence-electron chi connectivity index (χ3n) is 2.03. The van der Waals surface area contributed by atoms with E-state index >= 15 is 0 Å². The number of rotatable bonds is 1. The summed E-state index contributed by atoms with van der Waals surface area (Å²) in [5.74, 6) is 0. The summed E-state index contributed by atoms with van der Waals surface area (Å²) in [6, 6.07) is 8.10. The van der Waals surface area contributed by atoms with Gasteiger partial charge in [-0.05, 0) is 24.2 Å². The molecule has 0 saturated carbocycles. The van der Waals surface area contributed by atoms with E-state index < -0.39 is 0 Å². The van der Waals surface area contributed by atoms with Gasteiger partial charge in [0.25, 0.3) is 0 Å². The molecule has 0 radical (unpaired) electrons. The molecular formula is C11H12N2. The van der Waals surface area contributed by atoms with Crippen LogP contribution in [0.5, 0.6) is 0 Å². The van der Waals surface area contributed by atoms with Crippen LogP contribution in [-0.2, 0) is 0 Å². The molecule has 0 saturated heterocycles. The van der Waals surface area contributed by atoms with Crippen molar-refractivity contribution in [3.63, 3.8) is 0 Å². The fourth-order valence-corrected chi connectivity index (χ4v) is 1.41. The second-order valence-electron chi connectivity index (χ2n) is 3.16. The van der Waals surface area contributed by atoms with Gasteiger partial charge in [0.1, 0.15) is 0 Å². The maximum Gasteiger partial charge on any atom is 0.0722 e. The summed E-state index contributed by atoms with van der Waals surface area (Å²) < 4.78 is 7.72. The lowest BCUT2D eigenvalue weighted by molar-refractivity contribution is 1.14. The van der Waals surface area contributed by atoms with Gasteiger partial charge >= 0.3 is 0 Å². The van der Waals surface area contributed by atoms with Crippen LogP contribution in [0.15, 0.2) is 36.5 Å². The fourth-order valence-electron chi connectivity index (χ4n) is 1.41. The monoisotopic (exact) mass is 173 g/mol. The van der Waals surface area contributed by atoms with E-state index in [4.69, 9.17) is 1.37 Å². The molecule has 0 spiro atoms. The van der Waals surface area contributed by atoms with Crippen molar-refractivity contribution in [2.75, 3.05) is 19.0 Å². The van der Waals surface area contributed by atoms with E-state index in [9.17, 15) is 0 Å². The second kappa shape index (κ2) is 3.05. The third kappa shape index (κ3) is 1.35. The first-order valence-corrected chi connectivity index (χ1v) is 4.22. The van der Waals surface area contributed by atoms with Crippen LogP contribution in [0.2, 0.25) is 0 Å². The Morgan fingerprint density at radius 3 is 2.92 bits per heavy atom. The van der Waals surface area contributed by atoms with Crippen molar-refractivity contribution in [3.05, 3.63) is 36.5 Å². The molecule has 2 nitrogen and oxygen atoms in total. The molecule has 2 rings (SSSR count). The molecule has 2 heteroatoms. The van der Waals surface area contributed by atoms with Crippen molar-refractivity contribution in [1.29, 1.82) is 0 Å². The highest BCUT2D eigenvalue weighted by Crippen LogP contribution is 2.22. The van der Waals surface area contributed by atoms with E-state index in [2.05, 4.69) is 4.98 Å². The van der Waals surface area contributed by atoms with Gasteiger partial charge in [-0.15, -0.1) is 0 Å². The first-order valence-electron chi connectivity index (χ1n) is 4.72. The minimum absolute atomic E-state index is 0.478. The van der Waals surface area contributed by atoms with Crippen LogP contribution in [-0.4, -0.2) is 19.1 Å². The summed E-state index contributed by atoms with van der Waals surface area (Å²) in [5.41, 5.74) is 1.86. The molecule has 1 aromatic heterocycles. The van der Waals surface area contributed by atoms with E-state index in [-0.39, 0.29) is 0 Å². The molecule has 0 aliphatic carbocycles. The number of fused-ring (bicyclic) bond motifs is 1. The second-order valence-corrected chi connectivity index (χ2v) is 3.16.